The van der Waals surface area contributed by atoms with Crippen molar-refractivity contribution < 1.29 is 13.5 Å². The van der Waals surface area contributed by atoms with E-state index in [9.17, 15) is 8.78 Å². The minimum atomic E-state index is -0.563. The summed E-state index contributed by atoms with van der Waals surface area (Å²) >= 11 is 0. The van der Waals surface area contributed by atoms with Gasteiger partial charge in [0.2, 0.25) is 0 Å². The van der Waals surface area contributed by atoms with Crippen LogP contribution in [0.15, 0.2) is 18.2 Å². The Bertz CT molecular complexity index is 436. The SMILES string of the molecule is CC(C)C1(C)CNCC(c2ccc(F)cc2F)O1. The van der Waals surface area contributed by atoms with Crippen LogP contribution in [0.25, 0.3) is 0 Å². The Morgan fingerprint density at radius 1 is 1.39 bits per heavy atom. The highest BCUT2D eigenvalue weighted by Gasteiger charge is 2.36. The molecule has 0 bridgehead atoms. The van der Waals surface area contributed by atoms with Crippen molar-refractivity contribution in [3.8, 4) is 0 Å². The average molecular weight is 255 g/mol. The lowest BCUT2D eigenvalue weighted by molar-refractivity contribution is -0.133. The molecule has 0 spiro atoms. The molecule has 4 heteroatoms. The fourth-order valence-corrected chi connectivity index (χ4v) is 2.14. The van der Waals surface area contributed by atoms with Crippen molar-refractivity contribution in [2.75, 3.05) is 13.1 Å². The van der Waals surface area contributed by atoms with E-state index in [-0.39, 0.29) is 11.7 Å². The fourth-order valence-electron chi connectivity index (χ4n) is 2.14. The van der Waals surface area contributed by atoms with Crippen LogP contribution in [0.1, 0.15) is 32.4 Å². The van der Waals surface area contributed by atoms with Crippen LogP contribution in [0.2, 0.25) is 0 Å². The summed E-state index contributed by atoms with van der Waals surface area (Å²) in [6, 6.07) is 3.63. The van der Waals surface area contributed by atoms with Crippen LogP contribution < -0.4 is 5.32 Å². The second-order valence-electron chi connectivity index (χ2n) is 5.37. The third-order valence-electron chi connectivity index (χ3n) is 3.75. The van der Waals surface area contributed by atoms with E-state index in [1.807, 2.05) is 6.92 Å². The maximum Gasteiger partial charge on any atom is 0.131 e. The van der Waals surface area contributed by atoms with E-state index in [2.05, 4.69) is 19.2 Å². The molecule has 2 atom stereocenters. The highest BCUT2D eigenvalue weighted by Crippen LogP contribution is 2.33. The summed E-state index contributed by atoms with van der Waals surface area (Å²) < 4.78 is 32.7. The summed E-state index contributed by atoms with van der Waals surface area (Å²) in [6.45, 7) is 7.45. The minimum Gasteiger partial charge on any atom is -0.364 e. The summed E-state index contributed by atoms with van der Waals surface area (Å²) in [5.74, 6) is -0.794. The van der Waals surface area contributed by atoms with Gasteiger partial charge in [-0.2, -0.15) is 0 Å². The molecule has 0 aliphatic carbocycles. The first-order chi connectivity index (χ1) is 8.42. The number of benzene rings is 1. The van der Waals surface area contributed by atoms with Gasteiger partial charge in [0.15, 0.2) is 0 Å². The molecule has 18 heavy (non-hydrogen) atoms. The van der Waals surface area contributed by atoms with Crippen LogP contribution in [-0.2, 0) is 4.74 Å². The Kier molecular flexibility index (Phi) is 3.69. The summed E-state index contributed by atoms with van der Waals surface area (Å²) in [5, 5.41) is 3.26. The quantitative estimate of drug-likeness (QED) is 0.877. The van der Waals surface area contributed by atoms with Gasteiger partial charge >= 0.3 is 0 Å². The van der Waals surface area contributed by atoms with Gasteiger partial charge in [-0.05, 0) is 18.9 Å². The number of morpholine rings is 1. The number of halogens is 2. The Hall–Kier alpha value is -1.00. The second kappa shape index (κ2) is 4.94. The van der Waals surface area contributed by atoms with E-state index in [1.54, 1.807) is 0 Å². The van der Waals surface area contributed by atoms with Crippen LogP contribution in [0.3, 0.4) is 0 Å². The van der Waals surface area contributed by atoms with Crippen molar-refractivity contribution in [3.63, 3.8) is 0 Å². The van der Waals surface area contributed by atoms with Crippen LogP contribution in [-0.4, -0.2) is 18.7 Å². The zero-order valence-electron chi connectivity index (χ0n) is 11.0. The van der Waals surface area contributed by atoms with Crippen molar-refractivity contribution in [1.29, 1.82) is 0 Å². The monoisotopic (exact) mass is 255 g/mol. The Morgan fingerprint density at radius 2 is 2.11 bits per heavy atom. The van der Waals surface area contributed by atoms with Crippen molar-refractivity contribution in [1.82, 2.24) is 5.32 Å². The van der Waals surface area contributed by atoms with Gasteiger partial charge in [-0.25, -0.2) is 8.78 Å². The predicted octanol–water partition coefficient (Wildman–Crippen LogP) is 3.04. The lowest BCUT2D eigenvalue weighted by Gasteiger charge is -2.42. The van der Waals surface area contributed by atoms with E-state index in [4.69, 9.17) is 4.74 Å². The number of nitrogens with one attached hydrogen (secondary N) is 1. The van der Waals surface area contributed by atoms with Crippen LogP contribution in [0.4, 0.5) is 8.78 Å². The third-order valence-corrected chi connectivity index (χ3v) is 3.75. The van der Waals surface area contributed by atoms with Crippen LogP contribution in [0, 0.1) is 17.6 Å². The molecular weight excluding hydrogens is 236 g/mol. The molecule has 1 saturated heterocycles. The van der Waals surface area contributed by atoms with Gasteiger partial charge in [0.1, 0.15) is 11.6 Å². The zero-order chi connectivity index (χ0) is 13.3. The van der Waals surface area contributed by atoms with E-state index < -0.39 is 11.6 Å². The molecule has 1 aliphatic rings. The molecule has 2 nitrogen and oxygen atoms in total. The lowest BCUT2D eigenvalue weighted by atomic mass is 9.89. The molecule has 0 radical (unpaired) electrons. The highest BCUT2D eigenvalue weighted by atomic mass is 19.1. The first-order valence-electron chi connectivity index (χ1n) is 6.26. The smallest absolute Gasteiger partial charge is 0.131 e. The molecule has 2 unspecified atom stereocenters. The van der Waals surface area contributed by atoms with Crippen LogP contribution >= 0.6 is 0 Å². The first-order valence-corrected chi connectivity index (χ1v) is 6.26. The average Bonchev–Trinajstić information content (AvgIpc) is 2.28. The maximum atomic E-state index is 13.7. The standard InChI is InChI=1S/C14H19F2NO/c1-9(2)14(3)8-17-7-13(18-14)11-5-4-10(15)6-12(11)16/h4-6,9,13,17H,7-8H2,1-3H3. The molecule has 1 heterocycles. The molecule has 1 aromatic carbocycles. The Morgan fingerprint density at radius 3 is 2.72 bits per heavy atom. The van der Waals surface area contributed by atoms with Gasteiger partial charge in [-0.3, -0.25) is 0 Å². The molecule has 0 amide bonds. The molecule has 100 valence electrons. The van der Waals surface area contributed by atoms with Gasteiger partial charge < -0.3 is 10.1 Å². The Labute approximate surface area is 106 Å². The van der Waals surface area contributed by atoms with E-state index >= 15 is 0 Å². The molecule has 1 N–H and O–H groups in total. The normalized spacial score (nSPS) is 28.7. The van der Waals surface area contributed by atoms with Gasteiger partial charge in [0.05, 0.1) is 11.7 Å². The van der Waals surface area contributed by atoms with Gasteiger partial charge in [0, 0.05) is 24.7 Å². The van der Waals surface area contributed by atoms with Gasteiger partial charge in [-0.1, -0.05) is 19.9 Å². The van der Waals surface area contributed by atoms with Crippen molar-refractivity contribution in [3.05, 3.63) is 35.4 Å². The van der Waals surface area contributed by atoms with Crippen molar-refractivity contribution >= 4 is 0 Å². The lowest BCUT2D eigenvalue weighted by Crippen LogP contribution is -2.52. The summed E-state index contributed by atoms with van der Waals surface area (Å²) in [6.07, 6.45) is -0.369. The molecule has 0 aromatic heterocycles. The summed E-state index contributed by atoms with van der Waals surface area (Å²) in [5.41, 5.74) is 0.0829. The Balaban J connectivity index is 2.23. The number of hydrogen-bond donors (Lipinski definition) is 1. The first kappa shape index (κ1) is 13.4. The zero-order valence-corrected chi connectivity index (χ0v) is 11.0. The molecule has 1 aliphatic heterocycles. The topological polar surface area (TPSA) is 21.3 Å². The van der Waals surface area contributed by atoms with E-state index in [1.165, 1.54) is 12.1 Å². The highest BCUT2D eigenvalue weighted by molar-refractivity contribution is 5.22. The van der Waals surface area contributed by atoms with Crippen molar-refractivity contribution in [2.24, 2.45) is 5.92 Å². The molecule has 2 rings (SSSR count). The predicted molar refractivity (Wildman–Crippen MR) is 66.3 cm³/mol. The minimum absolute atomic E-state index is 0.316. The molecular formula is C14H19F2NO. The number of rotatable bonds is 2. The van der Waals surface area contributed by atoms with Crippen LogP contribution in [0.5, 0.6) is 0 Å². The van der Waals surface area contributed by atoms with Gasteiger partial charge in [-0.15, -0.1) is 0 Å². The van der Waals surface area contributed by atoms with E-state index in [0.717, 1.165) is 12.6 Å². The van der Waals surface area contributed by atoms with E-state index in [0.29, 0.717) is 18.0 Å². The number of ether oxygens (including phenoxy) is 1. The second-order valence-corrected chi connectivity index (χ2v) is 5.37. The maximum absolute atomic E-state index is 13.7. The molecule has 1 aromatic rings. The summed E-state index contributed by atoms with van der Waals surface area (Å²) in [7, 11) is 0. The largest absolute Gasteiger partial charge is 0.364 e. The third kappa shape index (κ3) is 2.54. The summed E-state index contributed by atoms with van der Waals surface area (Å²) in [4.78, 5) is 0. The molecule has 0 saturated carbocycles. The molecule has 1 fully saturated rings. The fraction of sp³-hybridized carbons (Fsp3) is 0.571. The number of hydrogen-bond acceptors (Lipinski definition) is 2. The van der Waals surface area contributed by atoms with Crippen molar-refractivity contribution in [2.45, 2.75) is 32.5 Å². The van der Waals surface area contributed by atoms with Gasteiger partial charge in [0.25, 0.3) is 0 Å².